The van der Waals surface area contributed by atoms with Crippen molar-refractivity contribution in [3.8, 4) is 0 Å². The van der Waals surface area contributed by atoms with Crippen molar-refractivity contribution in [2.75, 3.05) is 20.3 Å². The summed E-state index contributed by atoms with van der Waals surface area (Å²) in [5.41, 5.74) is 5.87. The molecule has 2 aliphatic rings. The Hall–Kier alpha value is -5.12. The van der Waals surface area contributed by atoms with Crippen molar-refractivity contribution < 1.29 is 52.5 Å². The van der Waals surface area contributed by atoms with E-state index in [0.717, 1.165) is 33.4 Å². The van der Waals surface area contributed by atoms with Gasteiger partial charge in [0.25, 0.3) is 0 Å². The largest absolute Gasteiger partial charge is 0.387 e. The molecule has 2 fully saturated rings. The third-order valence-electron chi connectivity index (χ3n) is 11.7. The van der Waals surface area contributed by atoms with Crippen LogP contribution in [0.4, 0.5) is 0 Å². The van der Waals surface area contributed by atoms with E-state index in [1.807, 2.05) is 182 Å². The Morgan fingerprint density at radius 3 is 1.09 bits per heavy atom. The van der Waals surface area contributed by atoms with Gasteiger partial charge in [0.1, 0.15) is 48.8 Å². The van der Waals surface area contributed by atoms with Crippen LogP contribution in [-0.2, 0) is 87.0 Å². The van der Waals surface area contributed by atoms with Crippen LogP contribution in [-0.4, -0.2) is 86.8 Å². The quantitative estimate of drug-likeness (QED) is 0.0668. The first-order chi connectivity index (χ1) is 32.6. The standard InChI is InChI=1S/C55H60O11/c1-57-54-52(62-36-44-28-16-6-17-29-44)50(60-34-42-24-12-4-13-25-42)48(56)46(65-54)39-64-55-53(63-37-45-30-18-7-19-31-45)51(61-35-43-26-14-5-15-27-43)49(59-33-41-22-10-3-11-23-41)47(66-55)38-58-32-40-20-8-2-9-21-40/h2-31,46-56H,32-39H2,1H3/t46?,47-,48-,49-,50+,51+,52-,53-,54+,55?/m1/s1. The zero-order valence-corrected chi connectivity index (χ0v) is 37.3. The number of aliphatic hydroxyl groups is 1. The fourth-order valence-corrected chi connectivity index (χ4v) is 8.19. The van der Waals surface area contributed by atoms with E-state index in [0.29, 0.717) is 13.2 Å². The molecule has 11 nitrogen and oxygen atoms in total. The maximum absolute atomic E-state index is 12.2. The molecule has 8 rings (SSSR count). The third-order valence-corrected chi connectivity index (χ3v) is 11.7. The minimum atomic E-state index is -1.19. The summed E-state index contributed by atoms with van der Waals surface area (Å²) >= 11 is 0. The van der Waals surface area contributed by atoms with E-state index in [1.54, 1.807) is 7.11 Å². The lowest BCUT2D eigenvalue weighted by Crippen LogP contribution is -2.63. The fourth-order valence-electron chi connectivity index (χ4n) is 8.19. The molecule has 66 heavy (non-hydrogen) atoms. The van der Waals surface area contributed by atoms with Crippen LogP contribution in [0.2, 0.25) is 0 Å². The Kier molecular flexibility index (Phi) is 18.0. The van der Waals surface area contributed by atoms with Crippen LogP contribution in [0.1, 0.15) is 33.4 Å². The summed E-state index contributed by atoms with van der Waals surface area (Å²) < 4.78 is 66.0. The number of benzene rings is 6. The first-order valence-corrected chi connectivity index (χ1v) is 22.6. The molecule has 0 aliphatic carbocycles. The average Bonchev–Trinajstić information content (AvgIpc) is 3.37. The van der Waals surface area contributed by atoms with Crippen molar-refractivity contribution in [1.29, 1.82) is 0 Å². The van der Waals surface area contributed by atoms with Gasteiger partial charge in [-0.1, -0.05) is 182 Å². The fraction of sp³-hybridized carbons (Fsp3) is 0.345. The van der Waals surface area contributed by atoms with Crippen LogP contribution in [0, 0.1) is 0 Å². The highest BCUT2D eigenvalue weighted by atomic mass is 16.7. The number of rotatable bonds is 23. The molecule has 0 spiro atoms. The van der Waals surface area contributed by atoms with Crippen LogP contribution in [0.15, 0.2) is 182 Å². The van der Waals surface area contributed by atoms with E-state index < -0.39 is 61.4 Å². The Labute approximate surface area is 388 Å². The first-order valence-electron chi connectivity index (χ1n) is 22.6. The molecule has 0 radical (unpaired) electrons. The van der Waals surface area contributed by atoms with Crippen LogP contribution in [0.3, 0.4) is 0 Å². The van der Waals surface area contributed by atoms with Gasteiger partial charge in [0.05, 0.1) is 52.9 Å². The van der Waals surface area contributed by atoms with Crippen molar-refractivity contribution in [3.63, 3.8) is 0 Å². The van der Waals surface area contributed by atoms with E-state index in [2.05, 4.69) is 0 Å². The first kappa shape index (κ1) is 47.4. The van der Waals surface area contributed by atoms with Crippen molar-refractivity contribution in [2.24, 2.45) is 0 Å². The summed E-state index contributed by atoms with van der Waals surface area (Å²) in [6.07, 6.45) is -8.50. The molecule has 0 amide bonds. The molecule has 6 aromatic carbocycles. The van der Waals surface area contributed by atoms with Crippen LogP contribution >= 0.6 is 0 Å². The van der Waals surface area contributed by atoms with Crippen molar-refractivity contribution in [3.05, 3.63) is 215 Å². The van der Waals surface area contributed by atoms with Gasteiger partial charge in [-0.2, -0.15) is 0 Å². The summed E-state index contributed by atoms with van der Waals surface area (Å²) in [5.74, 6) is 0. The molecule has 346 valence electrons. The second-order valence-corrected chi connectivity index (χ2v) is 16.5. The highest BCUT2D eigenvalue weighted by Crippen LogP contribution is 2.34. The number of methoxy groups -OCH3 is 1. The van der Waals surface area contributed by atoms with Crippen molar-refractivity contribution >= 4 is 0 Å². The highest BCUT2D eigenvalue weighted by Gasteiger charge is 2.51. The maximum Gasteiger partial charge on any atom is 0.187 e. The summed E-state index contributed by atoms with van der Waals surface area (Å²) in [6, 6.07) is 59.5. The predicted molar refractivity (Wildman–Crippen MR) is 247 cm³/mol. The molecule has 2 unspecified atom stereocenters. The molecular formula is C55H60O11. The summed E-state index contributed by atoms with van der Waals surface area (Å²) in [4.78, 5) is 0. The molecule has 2 saturated heterocycles. The number of hydrogen-bond donors (Lipinski definition) is 1. The molecule has 10 atom stereocenters. The number of hydrogen-bond acceptors (Lipinski definition) is 11. The molecule has 6 aromatic rings. The van der Waals surface area contributed by atoms with Gasteiger partial charge in [0, 0.05) is 7.11 Å². The lowest BCUT2D eigenvalue weighted by atomic mass is 9.97. The summed E-state index contributed by atoms with van der Waals surface area (Å²) in [7, 11) is 1.55. The van der Waals surface area contributed by atoms with Gasteiger partial charge in [-0.25, -0.2) is 0 Å². The number of ether oxygens (including phenoxy) is 10. The normalized spacial score (nSPS) is 25.4. The van der Waals surface area contributed by atoms with Gasteiger partial charge in [-0.3, -0.25) is 0 Å². The van der Waals surface area contributed by atoms with Gasteiger partial charge in [-0.05, 0) is 33.4 Å². The Morgan fingerprint density at radius 2 is 0.682 bits per heavy atom. The van der Waals surface area contributed by atoms with Gasteiger partial charge in [0.2, 0.25) is 0 Å². The lowest BCUT2D eigenvalue weighted by Gasteiger charge is -2.47. The van der Waals surface area contributed by atoms with Gasteiger partial charge in [-0.15, -0.1) is 0 Å². The third kappa shape index (κ3) is 13.5. The van der Waals surface area contributed by atoms with E-state index in [9.17, 15) is 5.11 Å². The molecule has 0 aromatic heterocycles. The van der Waals surface area contributed by atoms with E-state index in [4.69, 9.17) is 47.4 Å². The van der Waals surface area contributed by atoms with E-state index in [1.165, 1.54) is 0 Å². The van der Waals surface area contributed by atoms with Gasteiger partial charge < -0.3 is 52.5 Å². The van der Waals surface area contributed by atoms with E-state index >= 15 is 0 Å². The van der Waals surface area contributed by atoms with Gasteiger partial charge in [0.15, 0.2) is 12.6 Å². The minimum Gasteiger partial charge on any atom is -0.387 e. The summed E-state index contributed by atoms with van der Waals surface area (Å²) in [5, 5.41) is 12.2. The minimum absolute atomic E-state index is 0.119. The molecule has 0 bridgehead atoms. The molecule has 0 saturated carbocycles. The molecule has 1 N–H and O–H groups in total. The molecular weight excluding hydrogens is 837 g/mol. The van der Waals surface area contributed by atoms with E-state index in [-0.39, 0.29) is 39.6 Å². The summed E-state index contributed by atoms with van der Waals surface area (Å²) in [6.45, 7) is 1.71. The van der Waals surface area contributed by atoms with Crippen LogP contribution in [0.25, 0.3) is 0 Å². The van der Waals surface area contributed by atoms with Gasteiger partial charge >= 0.3 is 0 Å². The molecule has 11 heteroatoms. The topological polar surface area (TPSA) is 113 Å². The van der Waals surface area contributed by atoms with Crippen LogP contribution in [0.5, 0.6) is 0 Å². The molecule has 2 aliphatic heterocycles. The average molecular weight is 897 g/mol. The lowest BCUT2D eigenvalue weighted by molar-refractivity contribution is -0.348. The van der Waals surface area contributed by atoms with Crippen LogP contribution < -0.4 is 0 Å². The maximum atomic E-state index is 12.2. The number of aliphatic hydroxyl groups excluding tert-OH is 1. The Balaban J connectivity index is 1.08. The molecule has 2 heterocycles. The second kappa shape index (κ2) is 25.1. The zero-order chi connectivity index (χ0) is 45.2. The predicted octanol–water partition coefficient (Wildman–Crippen LogP) is 8.60. The highest BCUT2D eigenvalue weighted by molar-refractivity contribution is 5.18. The SMILES string of the molecule is CO[C@H]1OC(COC2O[C@H](COCc3ccccc3)[C@@H](OCc3ccccc3)[C@H](OCc3ccccc3)[C@H]2OCc2ccccc2)[C@@H](O)[C@H](OCc2ccccc2)[C@H]1OCc1ccccc1. The Morgan fingerprint density at radius 1 is 0.348 bits per heavy atom. The van der Waals surface area contributed by atoms with Crippen molar-refractivity contribution in [2.45, 2.75) is 101 Å². The monoisotopic (exact) mass is 896 g/mol. The smallest absolute Gasteiger partial charge is 0.187 e. The second-order valence-electron chi connectivity index (χ2n) is 16.5. The Bertz CT molecular complexity index is 2220. The zero-order valence-electron chi connectivity index (χ0n) is 37.3. The van der Waals surface area contributed by atoms with Crippen molar-refractivity contribution in [1.82, 2.24) is 0 Å².